The lowest BCUT2D eigenvalue weighted by Gasteiger charge is -2.26. The molecule has 0 aliphatic heterocycles. The summed E-state index contributed by atoms with van der Waals surface area (Å²) < 4.78 is 4.77. The lowest BCUT2D eigenvalue weighted by Crippen LogP contribution is -2.33. The summed E-state index contributed by atoms with van der Waals surface area (Å²) in [5, 5.41) is 9.08. The van der Waals surface area contributed by atoms with E-state index >= 15 is 0 Å². The molecule has 0 heterocycles. The lowest BCUT2D eigenvalue weighted by molar-refractivity contribution is 0.0598. The lowest BCUT2D eigenvalue weighted by atomic mass is 10.0. The second-order valence-electron chi connectivity index (χ2n) is 4.66. The van der Waals surface area contributed by atoms with E-state index in [0.717, 1.165) is 5.56 Å². The van der Waals surface area contributed by atoms with E-state index in [1.54, 1.807) is 6.07 Å². The summed E-state index contributed by atoms with van der Waals surface area (Å²) in [7, 11) is 1.34. The number of methoxy groups -OCH3 is 1. The van der Waals surface area contributed by atoms with Gasteiger partial charge in [0.25, 0.3) is 0 Å². The molecule has 0 unspecified atom stereocenters. The summed E-state index contributed by atoms with van der Waals surface area (Å²) in [5.41, 5.74) is 7.49. The van der Waals surface area contributed by atoms with Gasteiger partial charge in [0.2, 0.25) is 0 Å². The molecule has 0 spiro atoms. The Balaban J connectivity index is 3.05. The van der Waals surface area contributed by atoms with Crippen LogP contribution in [0.25, 0.3) is 0 Å². The predicted octanol–water partition coefficient (Wildman–Crippen LogP) is 1.26. The molecular formula is C14H22N2O3. The van der Waals surface area contributed by atoms with Crippen LogP contribution in [-0.2, 0) is 11.3 Å². The number of anilines is 1. The normalized spacial score (nSPS) is 11.1. The highest BCUT2D eigenvalue weighted by Gasteiger charge is 2.18. The standard InChI is InChI=1S/C14H22N2O3/c1-10(2)16(7-8-17)9-11-5-4-6-12(15)13(11)14(18)19-3/h4-6,10,17H,7-9,15H2,1-3H3. The number of aliphatic hydroxyl groups is 1. The van der Waals surface area contributed by atoms with Gasteiger partial charge in [-0.15, -0.1) is 0 Å². The van der Waals surface area contributed by atoms with E-state index in [4.69, 9.17) is 15.6 Å². The van der Waals surface area contributed by atoms with Crippen LogP contribution in [0.15, 0.2) is 18.2 Å². The number of ether oxygens (including phenoxy) is 1. The second kappa shape index (κ2) is 7.11. The highest BCUT2D eigenvalue weighted by molar-refractivity contribution is 5.96. The molecule has 5 nitrogen and oxygen atoms in total. The average molecular weight is 266 g/mol. The summed E-state index contributed by atoms with van der Waals surface area (Å²) >= 11 is 0. The van der Waals surface area contributed by atoms with Crippen molar-refractivity contribution < 1.29 is 14.6 Å². The van der Waals surface area contributed by atoms with Crippen molar-refractivity contribution in [2.45, 2.75) is 26.4 Å². The molecule has 1 aromatic rings. The largest absolute Gasteiger partial charge is 0.465 e. The first-order valence-electron chi connectivity index (χ1n) is 6.31. The number of hydrogen-bond donors (Lipinski definition) is 2. The van der Waals surface area contributed by atoms with Crippen LogP contribution in [-0.4, -0.2) is 42.3 Å². The van der Waals surface area contributed by atoms with Crippen molar-refractivity contribution in [3.63, 3.8) is 0 Å². The van der Waals surface area contributed by atoms with Gasteiger partial charge in [0.1, 0.15) is 0 Å². The molecule has 1 rings (SSSR count). The maximum atomic E-state index is 11.8. The van der Waals surface area contributed by atoms with Crippen molar-refractivity contribution in [2.75, 3.05) is 26.0 Å². The SMILES string of the molecule is COC(=O)c1c(N)cccc1CN(CCO)C(C)C. The Hall–Kier alpha value is -1.59. The Kier molecular flexibility index (Phi) is 5.79. The first kappa shape index (κ1) is 15.5. The zero-order valence-electron chi connectivity index (χ0n) is 11.7. The van der Waals surface area contributed by atoms with Gasteiger partial charge < -0.3 is 15.6 Å². The fourth-order valence-electron chi connectivity index (χ4n) is 1.97. The Morgan fingerprint density at radius 2 is 2.16 bits per heavy atom. The van der Waals surface area contributed by atoms with Gasteiger partial charge in [0.15, 0.2) is 0 Å². The first-order chi connectivity index (χ1) is 9.01. The third-order valence-corrected chi connectivity index (χ3v) is 3.06. The van der Waals surface area contributed by atoms with Gasteiger partial charge >= 0.3 is 5.97 Å². The van der Waals surface area contributed by atoms with E-state index in [1.807, 2.05) is 26.0 Å². The number of rotatable bonds is 6. The number of hydrogen-bond acceptors (Lipinski definition) is 5. The first-order valence-corrected chi connectivity index (χ1v) is 6.31. The summed E-state index contributed by atoms with van der Waals surface area (Å²) in [6.45, 7) is 5.26. The summed E-state index contributed by atoms with van der Waals surface area (Å²) in [5.74, 6) is -0.430. The minimum absolute atomic E-state index is 0.0774. The van der Waals surface area contributed by atoms with E-state index in [1.165, 1.54) is 7.11 Å². The maximum Gasteiger partial charge on any atom is 0.340 e. The van der Waals surface area contributed by atoms with Crippen LogP contribution < -0.4 is 5.73 Å². The fourth-order valence-corrected chi connectivity index (χ4v) is 1.97. The Morgan fingerprint density at radius 3 is 2.68 bits per heavy atom. The smallest absolute Gasteiger partial charge is 0.340 e. The molecule has 0 atom stereocenters. The van der Waals surface area contributed by atoms with Gasteiger partial charge in [-0.3, -0.25) is 4.90 Å². The summed E-state index contributed by atoms with van der Waals surface area (Å²) in [6, 6.07) is 5.62. The summed E-state index contributed by atoms with van der Waals surface area (Å²) in [4.78, 5) is 13.9. The van der Waals surface area contributed by atoms with Gasteiger partial charge in [-0.2, -0.15) is 0 Å². The minimum Gasteiger partial charge on any atom is -0.465 e. The van der Waals surface area contributed by atoms with Crippen molar-refractivity contribution >= 4 is 11.7 Å². The van der Waals surface area contributed by atoms with Crippen molar-refractivity contribution in [3.05, 3.63) is 29.3 Å². The molecule has 5 heteroatoms. The molecule has 0 saturated heterocycles. The van der Waals surface area contributed by atoms with Crippen LogP contribution in [0.3, 0.4) is 0 Å². The molecule has 0 aliphatic rings. The maximum absolute atomic E-state index is 11.8. The molecule has 0 aliphatic carbocycles. The minimum atomic E-state index is -0.430. The molecule has 0 bridgehead atoms. The van der Waals surface area contributed by atoms with Crippen LogP contribution in [0.1, 0.15) is 29.8 Å². The fraction of sp³-hybridized carbons (Fsp3) is 0.500. The van der Waals surface area contributed by atoms with Gasteiger partial charge in [0.05, 0.1) is 19.3 Å². The monoisotopic (exact) mass is 266 g/mol. The van der Waals surface area contributed by atoms with E-state index in [2.05, 4.69) is 4.90 Å². The zero-order valence-corrected chi connectivity index (χ0v) is 11.7. The van der Waals surface area contributed by atoms with Crippen LogP contribution >= 0.6 is 0 Å². The number of aliphatic hydroxyl groups excluding tert-OH is 1. The summed E-state index contributed by atoms with van der Waals surface area (Å²) in [6.07, 6.45) is 0. The second-order valence-corrected chi connectivity index (χ2v) is 4.66. The van der Waals surface area contributed by atoms with E-state index < -0.39 is 5.97 Å². The van der Waals surface area contributed by atoms with Gasteiger partial charge in [0, 0.05) is 24.8 Å². The third-order valence-electron chi connectivity index (χ3n) is 3.06. The number of esters is 1. The number of nitrogen functional groups attached to an aromatic ring is 1. The third kappa shape index (κ3) is 3.94. The van der Waals surface area contributed by atoms with E-state index in [-0.39, 0.29) is 12.6 Å². The number of nitrogens with zero attached hydrogens (tertiary/aromatic N) is 1. The molecular weight excluding hydrogens is 244 g/mol. The van der Waals surface area contributed by atoms with Crippen molar-refractivity contribution in [1.29, 1.82) is 0 Å². The Labute approximate surface area is 114 Å². The molecule has 1 aromatic carbocycles. The van der Waals surface area contributed by atoms with Crippen molar-refractivity contribution in [3.8, 4) is 0 Å². The molecule has 0 amide bonds. The molecule has 19 heavy (non-hydrogen) atoms. The molecule has 106 valence electrons. The van der Waals surface area contributed by atoms with Gasteiger partial charge in [-0.25, -0.2) is 4.79 Å². The quantitative estimate of drug-likeness (QED) is 0.599. The van der Waals surface area contributed by atoms with Crippen LogP contribution in [0, 0.1) is 0 Å². The highest BCUT2D eigenvalue weighted by Crippen LogP contribution is 2.20. The zero-order chi connectivity index (χ0) is 14.4. The van der Waals surface area contributed by atoms with Crippen molar-refractivity contribution in [2.24, 2.45) is 0 Å². The number of nitrogens with two attached hydrogens (primary N) is 1. The highest BCUT2D eigenvalue weighted by atomic mass is 16.5. The molecule has 0 radical (unpaired) electrons. The molecule has 3 N–H and O–H groups in total. The van der Waals surface area contributed by atoms with Crippen molar-refractivity contribution in [1.82, 2.24) is 4.90 Å². The van der Waals surface area contributed by atoms with Crippen LogP contribution in [0.5, 0.6) is 0 Å². The van der Waals surface area contributed by atoms with Gasteiger partial charge in [-0.1, -0.05) is 12.1 Å². The Morgan fingerprint density at radius 1 is 1.47 bits per heavy atom. The van der Waals surface area contributed by atoms with Gasteiger partial charge in [-0.05, 0) is 25.5 Å². The topological polar surface area (TPSA) is 75.8 Å². The van der Waals surface area contributed by atoms with E-state index in [0.29, 0.717) is 24.3 Å². The average Bonchev–Trinajstić information content (AvgIpc) is 2.37. The molecule has 0 aromatic heterocycles. The van der Waals surface area contributed by atoms with Crippen LogP contribution in [0.4, 0.5) is 5.69 Å². The molecule has 0 fully saturated rings. The van der Waals surface area contributed by atoms with E-state index in [9.17, 15) is 4.79 Å². The Bertz CT molecular complexity index is 433. The molecule has 0 saturated carbocycles. The number of carbonyl (C=O) groups excluding carboxylic acids is 1. The number of carbonyl (C=O) groups is 1. The predicted molar refractivity (Wildman–Crippen MR) is 74.8 cm³/mol. The number of benzene rings is 1. The van der Waals surface area contributed by atoms with Crippen LogP contribution in [0.2, 0.25) is 0 Å².